The van der Waals surface area contributed by atoms with Gasteiger partial charge in [0.1, 0.15) is 6.61 Å². The van der Waals surface area contributed by atoms with Gasteiger partial charge in [-0.25, -0.2) is 4.79 Å². The van der Waals surface area contributed by atoms with Gasteiger partial charge in [0, 0.05) is 5.88 Å². The van der Waals surface area contributed by atoms with Crippen LogP contribution in [0.25, 0.3) is 0 Å². The van der Waals surface area contributed by atoms with Gasteiger partial charge >= 0.3 is 5.97 Å². The molecule has 0 aromatic carbocycles. The first-order valence-electron chi connectivity index (χ1n) is 12.9. The van der Waals surface area contributed by atoms with E-state index in [1.54, 1.807) is 0 Å². The number of ether oxygens (including phenoxy) is 11. The summed E-state index contributed by atoms with van der Waals surface area (Å²) in [5, 5.41) is 8.40. The Morgan fingerprint density at radius 2 is 0.553 bits per heavy atom. The molecule has 0 bridgehead atoms. The molecule has 0 fully saturated rings. The first kappa shape index (κ1) is 37.3. The zero-order valence-electron chi connectivity index (χ0n) is 22.5. The summed E-state index contributed by atoms with van der Waals surface area (Å²) in [5.41, 5.74) is 0. The van der Waals surface area contributed by atoms with Crippen LogP contribution in [0.4, 0.5) is 0 Å². The van der Waals surface area contributed by atoms with E-state index in [-0.39, 0.29) is 13.2 Å². The number of aliphatic carboxylic acids is 1. The zero-order valence-corrected chi connectivity index (χ0v) is 23.2. The number of alkyl halides is 1. The Labute approximate surface area is 231 Å². The fourth-order valence-electron chi connectivity index (χ4n) is 2.41. The molecule has 0 aliphatic heterocycles. The predicted octanol–water partition coefficient (Wildman–Crippen LogP) is 0.492. The number of hydrogen-bond acceptors (Lipinski definition) is 12. The third-order valence-corrected chi connectivity index (χ3v) is 4.32. The molecule has 0 saturated carbocycles. The molecule has 228 valence electrons. The van der Waals surface area contributed by atoms with Crippen molar-refractivity contribution in [3.05, 3.63) is 0 Å². The quantitative estimate of drug-likeness (QED) is 0.0837. The molecule has 0 aliphatic rings. The highest BCUT2D eigenvalue weighted by atomic mass is 35.5. The van der Waals surface area contributed by atoms with Crippen LogP contribution in [0.3, 0.4) is 0 Å². The SMILES string of the molecule is O=C(O)COCCOCCOCCOCCOCCOCCOCCOCCOCCOCCOCCCl. The highest BCUT2D eigenvalue weighted by Crippen LogP contribution is 1.87. The minimum absolute atomic E-state index is 0.243. The number of rotatable bonds is 34. The third kappa shape index (κ3) is 35.3. The normalized spacial score (nSPS) is 11.4. The molecule has 14 heteroatoms. The molecule has 0 unspecified atom stereocenters. The van der Waals surface area contributed by atoms with Crippen LogP contribution in [0.5, 0.6) is 0 Å². The van der Waals surface area contributed by atoms with Gasteiger partial charge in [0.05, 0.1) is 139 Å². The van der Waals surface area contributed by atoms with Gasteiger partial charge in [0.2, 0.25) is 0 Å². The standard InChI is InChI=1S/C24H47ClO13/c25-1-2-28-3-4-29-5-6-30-7-8-31-9-10-32-11-12-33-13-14-34-15-16-35-17-18-36-19-20-37-21-22-38-23-24(26)27/h1-23H2,(H,26,27). The van der Waals surface area contributed by atoms with Gasteiger partial charge < -0.3 is 57.2 Å². The molecule has 0 rings (SSSR count). The van der Waals surface area contributed by atoms with Crippen LogP contribution in [0, 0.1) is 0 Å². The van der Waals surface area contributed by atoms with Crippen molar-refractivity contribution in [2.45, 2.75) is 0 Å². The molecule has 1 N–H and O–H groups in total. The number of carbonyl (C=O) groups is 1. The first-order valence-corrected chi connectivity index (χ1v) is 13.4. The van der Waals surface area contributed by atoms with Crippen LogP contribution in [0.2, 0.25) is 0 Å². The molecule has 0 radical (unpaired) electrons. The van der Waals surface area contributed by atoms with Crippen molar-refractivity contribution in [3.8, 4) is 0 Å². The zero-order chi connectivity index (χ0) is 27.6. The molecule has 0 saturated heterocycles. The summed E-state index contributed by atoms with van der Waals surface area (Å²) in [6.45, 7) is 9.68. The molecule has 0 amide bonds. The van der Waals surface area contributed by atoms with E-state index in [2.05, 4.69) is 0 Å². The number of halogens is 1. The maximum atomic E-state index is 10.2. The lowest BCUT2D eigenvalue weighted by molar-refractivity contribution is -0.142. The molecule has 0 aromatic heterocycles. The van der Waals surface area contributed by atoms with E-state index in [1.807, 2.05) is 0 Å². The maximum Gasteiger partial charge on any atom is 0.329 e. The van der Waals surface area contributed by atoms with E-state index >= 15 is 0 Å². The van der Waals surface area contributed by atoms with Crippen molar-refractivity contribution >= 4 is 17.6 Å². The van der Waals surface area contributed by atoms with Gasteiger partial charge in [-0.2, -0.15) is 0 Å². The average molecular weight is 579 g/mol. The van der Waals surface area contributed by atoms with Crippen molar-refractivity contribution < 1.29 is 62.0 Å². The molecule has 0 atom stereocenters. The Bertz CT molecular complexity index is 463. The van der Waals surface area contributed by atoms with Crippen LogP contribution in [0.1, 0.15) is 0 Å². The van der Waals surface area contributed by atoms with Gasteiger partial charge in [0.15, 0.2) is 0 Å². The third-order valence-electron chi connectivity index (χ3n) is 4.17. The van der Waals surface area contributed by atoms with Crippen LogP contribution in [0.15, 0.2) is 0 Å². The van der Waals surface area contributed by atoms with E-state index in [1.165, 1.54) is 0 Å². The molecule has 0 aromatic rings. The van der Waals surface area contributed by atoms with Gasteiger partial charge in [0.25, 0.3) is 0 Å². The highest BCUT2D eigenvalue weighted by Gasteiger charge is 1.97. The fourth-order valence-corrected chi connectivity index (χ4v) is 2.52. The highest BCUT2D eigenvalue weighted by molar-refractivity contribution is 6.17. The van der Waals surface area contributed by atoms with Crippen molar-refractivity contribution in [3.63, 3.8) is 0 Å². The average Bonchev–Trinajstić information content (AvgIpc) is 2.91. The number of carboxylic acids is 1. The smallest absolute Gasteiger partial charge is 0.329 e. The van der Waals surface area contributed by atoms with Crippen molar-refractivity contribution in [2.75, 3.05) is 151 Å². The summed E-state index contributed by atoms with van der Waals surface area (Å²) in [4.78, 5) is 10.2. The molecule has 13 nitrogen and oxygen atoms in total. The van der Waals surface area contributed by atoms with Crippen LogP contribution in [-0.2, 0) is 56.9 Å². The minimum Gasteiger partial charge on any atom is -0.480 e. The second-order valence-corrected chi connectivity index (χ2v) is 7.64. The number of hydrogen-bond donors (Lipinski definition) is 1. The van der Waals surface area contributed by atoms with E-state index in [0.717, 1.165) is 0 Å². The summed E-state index contributed by atoms with van der Waals surface area (Å²) in [7, 11) is 0. The Hall–Kier alpha value is -0.680. The van der Waals surface area contributed by atoms with E-state index in [4.69, 9.17) is 68.8 Å². The van der Waals surface area contributed by atoms with E-state index in [0.29, 0.717) is 138 Å². The largest absolute Gasteiger partial charge is 0.480 e. The Morgan fingerprint density at radius 1 is 0.368 bits per heavy atom. The molecule has 0 spiro atoms. The maximum absolute atomic E-state index is 10.2. The summed E-state index contributed by atoms with van der Waals surface area (Å²) in [6, 6.07) is 0. The van der Waals surface area contributed by atoms with E-state index in [9.17, 15) is 4.79 Å². The lowest BCUT2D eigenvalue weighted by atomic mass is 10.6. The number of carboxylic acid groups (broad SMARTS) is 1. The fraction of sp³-hybridized carbons (Fsp3) is 0.958. The van der Waals surface area contributed by atoms with E-state index < -0.39 is 5.97 Å². The summed E-state index contributed by atoms with van der Waals surface area (Å²) < 4.78 is 58.5. The predicted molar refractivity (Wildman–Crippen MR) is 137 cm³/mol. The molecule has 38 heavy (non-hydrogen) atoms. The lowest BCUT2D eigenvalue weighted by Crippen LogP contribution is -2.15. The van der Waals surface area contributed by atoms with Gasteiger partial charge in [-0.15, -0.1) is 11.6 Å². The van der Waals surface area contributed by atoms with Gasteiger partial charge in [-0.3, -0.25) is 0 Å². The monoisotopic (exact) mass is 578 g/mol. The summed E-state index contributed by atoms with van der Waals surface area (Å²) in [5.74, 6) is -0.502. The molecular weight excluding hydrogens is 532 g/mol. The Morgan fingerprint density at radius 3 is 0.737 bits per heavy atom. The molecule has 0 aliphatic carbocycles. The van der Waals surface area contributed by atoms with Crippen LogP contribution >= 0.6 is 11.6 Å². The second kappa shape index (κ2) is 34.3. The molecular formula is C24H47ClO13. The van der Waals surface area contributed by atoms with Crippen molar-refractivity contribution in [1.82, 2.24) is 0 Å². The Kier molecular flexibility index (Phi) is 33.7. The second-order valence-electron chi connectivity index (χ2n) is 7.26. The summed E-state index contributed by atoms with van der Waals surface area (Å²) in [6.07, 6.45) is 0. The minimum atomic E-state index is -0.995. The first-order chi connectivity index (χ1) is 18.8. The van der Waals surface area contributed by atoms with Crippen LogP contribution in [-0.4, -0.2) is 162 Å². The summed E-state index contributed by atoms with van der Waals surface area (Å²) >= 11 is 5.50. The van der Waals surface area contributed by atoms with Gasteiger partial charge in [-0.1, -0.05) is 0 Å². The van der Waals surface area contributed by atoms with Crippen molar-refractivity contribution in [1.29, 1.82) is 0 Å². The van der Waals surface area contributed by atoms with Crippen molar-refractivity contribution in [2.24, 2.45) is 0 Å². The molecule has 0 heterocycles. The van der Waals surface area contributed by atoms with Gasteiger partial charge in [-0.05, 0) is 0 Å². The van der Waals surface area contributed by atoms with Crippen LogP contribution < -0.4 is 0 Å². The topological polar surface area (TPSA) is 139 Å². The Balaban J connectivity index is 3.02. The lowest BCUT2D eigenvalue weighted by Gasteiger charge is -2.09.